The first-order valence-corrected chi connectivity index (χ1v) is 6.71. The maximum Gasteiger partial charge on any atom is 0.163 e. The van der Waals surface area contributed by atoms with Gasteiger partial charge in [0.1, 0.15) is 6.33 Å². The molecular formula is C15H16N6. The molecule has 6 heteroatoms. The van der Waals surface area contributed by atoms with Gasteiger partial charge in [-0.1, -0.05) is 0 Å². The Balaban J connectivity index is 1.75. The molecule has 2 aromatic heterocycles. The number of anilines is 1. The van der Waals surface area contributed by atoms with Gasteiger partial charge in [0, 0.05) is 30.7 Å². The number of nitrogens with zero attached hydrogens (tertiary/aromatic N) is 5. The predicted octanol–water partition coefficient (Wildman–Crippen LogP) is 2.45. The van der Waals surface area contributed by atoms with Crippen LogP contribution < -0.4 is 5.32 Å². The monoisotopic (exact) mass is 280 g/mol. The van der Waals surface area contributed by atoms with Crippen LogP contribution in [-0.4, -0.2) is 24.7 Å². The number of nitrogens with one attached hydrogen (secondary N) is 1. The number of aromatic nitrogens is 5. The Morgan fingerprint density at radius 1 is 1.14 bits per heavy atom. The summed E-state index contributed by atoms with van der Waals surface area (Å²) in [5.74, 6) is 0.850. The van der Waals surface area contributed by atoms with Crippen LogP contribution in [0, 0.1) is 0 Å². The van der Waals surface area contributed by atoms with Gasteiger partial charge in [-0.2, -0.15) is 0 Å². The number of benzene rings is 1. The summed E-state index contributed by atoms with van der Waals surface area (Å²) in [6, 6.07) is 8.19. The van der Waals surface area contributed by atoms with E-state index >= 15 is 0 Å². The molecule has 1 aromatic carbocycles. The van der Waals surface area contributed by atoms with Crippen LogP contribution >= 0.6 is 0 Å². The SMILES string of the molecule is CC(Nc1ccc(-c2nncn2C)cc1)c1cnccn1. The van der Waals surface area contributed by atoms with Gasteiger partial charge in [-0.15, -0.1) is 10.2 Å². The third-order valence-electron chi connectivity index (χ3n) is 3.26. The van der Waals surface area contributed by atoms with E-state index in [4.69, 9.17) is 0 Å². The molecule has 1 atom stereocenters. The highest BCUT2D eigenvalue weighted by molar-refractivity contribution is 5.60. The van der Waals surface area contributed by atoms with Crippen LogP contribution in [0.4, 0.5) is 5.69 Å². The van der Waals surface area contributed by atoms with E-state index in [0.29, 0.717) is 0 Å². The first kappa shape index (κ1) is 13.2. The van der Waals surface area contributed by atoms with Crippen molar-refractivity contribution in [3.63, 3.8) is 0 Å². The maximum absolute atomic E-state index is 4.30. The fourth-order valence-electron chi connectivity index (χ4n) is 2.12. The molecule has 0 aliphatic rings. The lowest BCUT2D eigenvalue weighted by molar-refractivity contribution is 0.827. The molecule has 3 aromatic rings. The van der Waals surface area contributed by atoms with Crippen LogP contribution in [-0.2, 0) is 7.05 Å². The van der Waals surface area contributed by atoms with Gasteiger partial charge in [0.25, 0.3) is 0 Å². The highest BCUT2D eigenvalue weighted by Crippen LogP contribution is 2.21. The summed E-state index contributed by atoms with van der Waals surface area (Å²) in [5.41, 5.74) is 2.97. The zero-order chi connectivity index (χ0) is 14.7. The minimum atomic E-state index is 0.0966. The molecule has 0 saturated heterocycles. The summed E-state index contributed by atoms with van der Waals surface area (Å²) in [7, 11) is 1.93. The molecule has 2 heterocycles. The molecular weight excluding hydrogens is 264 g/mol. The van der Waals surface area contributed by atoms with Crippen molar-refractivity contribution in [3.8, 4) is 11.4 Å². The second kappa shape index (κ2) is 5.70. The van der Waals surface area contributed by atoms with E-state index in [9.17, 15) is 0 Å². The molecule has 0 amide bonds. The summed E-state index contributed by atoms with van der Waals surface area (Å²) in [5, 5.41) is 11.4. The quantitative estimate of drug-likeness (QED) is 0.795. The molecule has 6 nitrogen and oxygen atoms in total. The first-order chi connectivity index (χ1) is 10.2. The smallest absolute Gasteiger partial charge is 0.163 e. The summed E-state index contributed by atoms with van der Waals surface area (Å²) < 4.78 is 1.89. The fourth-order valence-corrected chi connectivity index (χ4v) is 2.12. The number of rotatable bonds is 4. The third-order valence-corrected chi connectivity index (χ3v) is 3.26. The molecule has 0 spiro atoms. The van der Waals surface area contributed by atoms with Crippen LogP contribution in [0.1, 0.15) is 18.7 Å². The molecule has 0 aliphatic carbocycles. The van der Waals surface area contributed by atoms with Gasteiger partial charge in [-0.05, 0) is 31.2 Å². The molecule has 106 valence electrons. The lowest BCUT2D eigenvalue weighted by Gasteiger charge is -2.14. The molecule has 0 saturated carbocycles. The van der Waals surface area contributed by atoms with Gasteiger partial charge in [0.05, 0.1) is 17.9 Å². The molecule has 1 unspecified atom stereocenters. The second-order valence-corrected chi connectivity index (χ2v) is 4.84. The van der Waals surface area contributed by atoms with Crippen molar-refractivity contribution in [1.82, 2.24) is 24.7 Å². The van der Waals surface area contributed by atoms with Crippen molar-refractivity contribution < 1.29 is 0 Å². The van der Waals surface area contributed by atoms with Gasteiger partial charge in [0.15, 0.2) is 5.82 Å². The standard InChI is InChI=1S/C15H16N6/c1-11(14-9-16-7-8-17-14)19-13-5-3-12(4-6-13)15-20-18-10-21(15)2/h3-11,19H,1-2H3. The van der Waals surface area contributed by atoms with Crippen molar-refractivity contribution in [1.29, 1.82) is 0 Å². The Kier molecular flexibility index (Phi) is 3.59. The Labute approximate surface area is 122 Å². The molecule has 0 fully saturated rings. The highest BCUT2D eigenvalue weighted by atomic mass is 15.2. The second-order valence-electron chi connectivity index (χ2n) is 4.84. The first-order valence-electron chi connectivity index (χ1n) is 6.71. The minimum Gasteiger partial charge on any atom is -0.377 e. The van der Waals surface area contributed by atoms with Crippen LogP contribution in [0.3, 0.4) is 0 Å². The van der Waals surface area contributed by atoms with E-state index in [0.717, 1.165) is 22.8 Å². The molecule has 0 bridgehead atoms. The van der Waals surface area contributed by atoms with Crippen molar-refractivity contribution >= 4 is 5.69 Å². The van der Waals surface area contributed by atoms with Gasteiger partial charge in [0.2, 0.25) is 0 Å². The van der Waals surface area contributed by atoms with Crippen LogP contribution in [0.2, 0.25) is 0 Å². The predicted molar refractivity (Wildman–Crippen MR) is 80.5 cm³/mol. The van der Waals surface area contributed by atoms with E-state index in [1.165, 1.54) is 0 Å². The topological polar surface area (TPSA) is 68.5 Å². The lowest BCUT2D eigenvalue weighted by atomic mass is 10.1. The van der Waals surface area contributed by atoms with Crippen molar-refractivity contribution in [2.75, 3.05) is 5.32 Å². The molecule has 21 heavy (non-hydrogen) atoms. The fraction of sp³-hybridized carbons (Fsp3) is 0.200. The van der Waals surface area contributed by atoms with Crippen LogP contribution in [0.25, 0.3) is 11.4 Å². The van der Waals surface area contributed by atoms with E-state index in [1.807, 2.05) is 35.9 Å². The van der Waals surface area contributed by atoms with Gasteiger partial charge >= 0.3 is 0 Å². The van der Waals surface area contributed by atoms with Crippen LogP contribution in [0.5, 0.6) is 0 Å². The normalized spacial score (nSPS) is 12.1. The number of hydrogen-bond acceptors (Lipinski definition) is 5. The molecule has 0 aliphatic heterocycles. The van der Waals surface area contributed by atoms with E-state index in [-0.39, 0.29) is 6.04 Å². The number of hydrogen-bond donors (Lipinski definition) is 1. The van der Waals surface area contributed by atoms with Crippen molar-refractivity contribution in [3.05, 3.63) is 54.9 Å². The van der Waals surface area contributed by atoms with Gasteiger partial charge in [-0.25, -0.2) is 0 Å². The van der Waals surface area contributed by atoms with Crippen LogP contribution in [0.15, 0.2) is 49.2 Å². The summed E-state index contributed by atoms with van der Waals surface area (Å²) in [4.78, 5) is 8.38. The Morgan fingerprint density at radius 3 is 2.57 bits per heavy atom. The molecule has 1 N–H and O–H groups in total. The number of aryl methyl sites for hydroxylation is 1. The van der Waals surface area contributed by atoms with E-state index < -0.39 is 0 Å². The minimum absolute atomic E-state index is 0.0966. The summed E-state index contributed by atoms with van der Waals surface area (Å²) in [6.07, 6.45) is 6.83. The summed E-state index contributed by atoms with van der Waals surface area (Å²) in [6.45, 7) is 2.06. The summed E-state index contributed by atoms with van der Waals surface area (Å²) >= 11 is 0. The van der Waals surface area contributed by atoms with Gasteiger partial charge in [-0.3, -0.25) is 9.97 Å². The molecule has 3 rings (SSSR count). The van der Waals surface area contributed by atoms with E-state index in [1.54, 1.807) is 24.9 Å². The zero-order valence-corrected chi connectivity index (χ0v) is 11.9. The zero-order valence-electron chi connectivity index (χ0n) is 11.9. The highest BCUT2D eigenvalue weighted by Gasteiger charge is 2.08. The van der Waals surface area contributed by atoms with Gasteiger partial charge < -0.3 is 9.88 Å². The average Bonchev–Trinajstić information content (AvgIpc) is 2.95. The Morgan fingerprint density at radius 2 is 1.95 bits per heavy atom. The maximum atomic E-state index is 4.30. The van der Waals surface area contributed by atoms with Crippen molar-refractivity contribution in [2.45, 2.75) is 13.0 Å². The Hall–Kier alpha value is -2.76. The largest absolute Gasteiger partial charge is 0.377 e. The van der Waals surface area contributed by atoms with Crippen molar-refractivity contribution in [2.24, 2.45) is 7.05 Å². The lowest BCUT2D eigenvalue weighted by Crippen LogP contribution is -2.08. The average molecular weight is 280 g/mol. The third kappa shape index (κ3) is 2.89. The molecule has 0 radical (unpaired) electrons. The Bertz CT molecular complexity index is 705. The van der Waals surface area contributed by atoms with E-state index in [2.05, 4.69) is 32.4 Å².